The highest BCUT2D eigenvalue weighted by Gasteiger charge is 2.09. The van der Waals surface area contributed by atoms with Crippen LogP contribution in [0.25, 0.3) is 0 Å². The Morgan fingerprint density at radius 1 is 1.27 bits per heavy atom. The van der Waals surface area contributed by atoms with E-state index in [0.717, 1.165) is 15.9 Å². The number of nitrogens with zero attached hydrogens (tertiary/aromatic N) is 1. The predicted octanol–water partition coefficient (Wildman–Crippen LogP) is 4.57. The average molecular weight is 422 g/mol. The Morgan fingerprint density at radius 3 is 2.68 bits per heavy atom. The fraction of sp³-hybridized carbons (Fsp3) is 0.267. The molecule has 7 heteroatoms. The third-order valence-corrected chi connectivity index (χ3v) is 5.29. The second kappa shape index (κ2) is 8.31. The molecule has 0 aliphatic heterocycles. The van der Waals surface area contributed by atoms with Crippen LogP contribution < -0.4 is 5.32 Å². The summed E-state index contributed by atoms with van der Waals surface area (Å²) in [4.78, 5) is 15.1. The lowest BCUT2D eigenvalue weighted by Gasteiger charge is -2.15. The van der Waals surface area contributed by atoms with E-state index in [1.165, 1.54) is 4.88 Å². The lowest BCUT2D eigenvalue weighted by atomic mass is 10.2. The largest absolute Gasteiger partial charge is 0.351 e. The van der Waals surface area contributed by atoms with Gasteiger partial charge in [-0.2, -0.15) is 0 Å². The van der Waals surface area contributed by atoms with E-state index in [9.17, 15) is 4.79 Å². The first-order valence-electron chi connectivity index (χ1n) is 6.57. The molecule has 1 aromatic carbocycles. The van der Waals surface area contributed by atoms with Crippen molar-refractivity contribution in [2.75, 3.05) is 13.6 Å². The molecule has 0 spiro atoms. The van der Waals surface area contributed by atoms with Crippen LogP contribution in [0.3, 0.4) is 0 Å². The Labute approximate surface area is 152 Å². The van der Waals surface area contributed by atoms with Gasteiger partial charge >= 0.3 is 0 Å². The van der Waals surface area contributed by atoms with Crippen LogP contribution >= 0.6 is 50.5 Å². The number of amides is 1. The second-order valence-electron chi connectivity index (χ2n) is 4.90. The SMILES string of the molecule is CN(CC(=O)NCc1ccc(Cl)c(Cl)c1)Cc1ccc(Br)s1. The topological polar surface area (TPSA) is 32.3 Å². The summed E-state index contributed by atoms with van der Waals surface area (Å²) in [7, 11) is 1.92. The van der Waals surface area contributed by atoms with Crippen molar-refractivity contribution < 1.29 is 4.79 Å². The maximum absolute atomic E-state index is 12.0. The molecule has 0 aliphatic rings. The van der Waals surface area contributed by atoms with Crippen LogP contribution in [0.15, 0.2) is 34.1 Å². The fourth-order valence-electron chi connectivity index (χ4n) is 1.91. The van der Waals surface area contributed by atoms with Gasteiger partial charge in [0.15, 0.2) is 0 Å². The summed E-state index contributed by atoms with van der Waals surface area (Å²) in [5.74, 6) is -0.0239. The summed E-state index contributed by atoms with van der Waals surface area (Å²) in [6, 6.07) is 9.40. The third kappa shape index (κ3) is 5.56. The first-order chi connectivity index (χ1) is 10.4. The van der Waals surface area contributed by atoms with Crippen molar-refractivity contribution in [1.29, 1.82) is 0 Å². The average Bonchev–Trinajstić information content (AvgIpc) is 2.85. The van der Waals surface area contributed by atoms with Gasteiger partial charge in [-0.05, 0) is 52.8 Å². The van der Waals surface area contributed by atoms with Crippen molar-refractivity contribution >= 4 is 56.4 Å². The number of hydrogen-bond donors (Lipinski definition) is 1. The zero-order valence-corrected chi connectivity index (χ0v) is 15.8. The van der Waals surface area contributed by atoms with Gasteiger partial charge in [0.25, 0.3) is 0 Å². The molecule has 2 rings (SSSR count). The number of halogens is 3. The number of likely N-dealkylation sites (N-methyl/N-ethyl adjacent to an activating group) is 1. The summed E-state index contributed by atoms with van der Waals surface area (Å²) in [5, 5.41) is 3.89. The zero-order valence-electron chi connectivity index (χ0n) is 11.9. The smallest absolute Gasteiger partial charge is 0.234 e. The van der Waals surface area contributed by atoms with Gasteiger partial charge in [0, 0.05) is 18.0 Å². The van der Waals surface area contributed by atoms with Gasteiger partial charge in [-0.25, -0.2) is 0 Å². The van der Waals surface area contributed by atoms with Crippen LogP contribution in [0, 0.1) is 0 Å². The summed E-state index contributed by atoms with van der Waals surface area (Å²) in [6.45, 7) is 1.53. The molecule has 1 aromatic heterocycles. The Balaban J connectivity index is 1.78. The number of nitrogens with one attached hydrogen (secondary N) is 1. The van der Waals surface area contributed by atoms with Crippen LogP contribution in [-0.2, 0) is 17.9 Å². The zero-order chi connectivity index (χ0) is 16.1. The molecular formula is C15H15BrCl2N2OS. The van der Waals surface area contributed by atoms with Gasteiger partial charge in [-0.3, -0.25) is 9.69 Å². The van der Waals surface area contributed by atoms with Gasteiger partial charge in [0.05, 0.1) is 20.4 Å². The number of benzene rings is 1. The molecule has 0 radical (unpaired) electrons. The van der Waals surface area contributed by atoms with Crippen LogP contribution in [0.2, 0.25) is 10.0 Å². The van der Waals surface area contributed by atoms with Crippen molar-refractivity contribution in [3.63, 3.8) is 0 Å². The van der Waals surface area contributed by atoms with Crippen LogP contribution in [-0.4, -0.2) is 24.4 Å². The lowest BCUT2D eigenvalue weighted by molar-refractivity contribution is -0.122. The lowest BCUT2D eigenvalue weighted by Crippen LogP contribution is -2.34. The minimum Gasteiger partial charge on any atom is -0.351 e. The fourth-order valence-corrected chi connectivity index (χ4v) is 3.79. The normalized spacial score (nSPS) is 11.0. The van der Waals surface area contributed by atoms with E-state index in [4.69, 9.17) is 23.2 Å². The Hall–Kier alpha value is -0.590. The van der Waals surface area contributed by atoms with Crippen molar-refractivity contribution in [3.05, 3.63) is 54.6 Å². The molecule has 0 aliphatic carbocycles. The number of carbonyl (C=O) groups is 1. The minimum atomic E-state index is -0.0239. The standard InChI is InChI=1S/C15H15BrCl2N2OS/c1-20(8-11-3-5-14(16)22-11)9-15(21)19-7-10-2-4-12(17)13(18)6-10/h2-6H,7-9H2,1H3,(H,19,21). The highest BCUT2D eigenvalue weighted by molar-refractivity contribution is 9.11. The molecule has 1 N–H and O–H groups in total. The Kier molecular flexibility index (Phi) is 6.71. The third-order valence-electron chi connectivity index (χ3n) is 2.94. The number of carbonyl (C=O) groups excluding carboxylic acids is 1. The van der Waals surface area contributed by atoms with E-state index in [0.29, 0.717) is 23.1 Å². The van der Waals surface area contributed by atoms with Crippen molar-refractivity contribution in [2.24, 2.45) is 0 Å². The molecule has 0 fully saturated rings. The molecule has 0 saturated heterocycles. The summed E-state index contributed by atoms with van der Waals surface area (Å²) in [5.41, 5.74) is 0.924. The molecule has 0 unspecified atom stereocenters. The van der Waals surface area contributed by atoms with Gasteiger partial charge < -0.3 is 5.32 Å². The first-order valence-corrected chi connectivity index (χ1v) is 8.94. The van der Waals surface area contributed by atoms with Crippen molar-refractivity contribution in [3.8, 4) is 0 Å². The van der Waals surface area contributed by atoms with E-state index in [1.807, 2.05) is 24.1 Å². The predicted molar refractivity (Wildman–Crippen MR) is 96.7 cm³/mol. The van der Waals surface area contributed by atoms with Crippen molar-refractivity contribution in [1.82, 2.24) is 10.2 Å². The van der Waals surface area contributed by atoms with Crippen LogP contribution in [0.5, 0.6) is 0 Å². The van der Waals surface area contributed by atoms with Gasteiger partial charge in [-0.1, -0.05) is 29.3 Å². The Morgan fingerprint density at radius 2 is 2.05 bits per heavy atom. The summed E-state index contributed by atoms with van der Waals surface area (Å²) in [6.07, 6.45) is 0. The first kappa shape index (κ1) is 17.8. The highest BCUT2D eigenvalue weighted by Crippen LogP contribution is 2.23. The van der Waals surface area contributed by atoms with E-state index in [2.05, 4.69) is 27.3 Å². The molecule has 1 amide bonds. The molecule has 2 aromatic rings. The van der Waals surface area contributed by atoms with Gasteiger partial charge in [-0.15, -0.1) is 11.3 Å². The molecule has 3 nitrogen and oxygen atoms in total. The molecule has 22 heavy (non-hydrogen) atoms. The summed E-state index contributed by atoms with van der Waals surface area (Å²) < 4.78 is 1.10. The second-order valence-corrected chi connectivity index (χ2v) is 8.27. The number of rotatable bonds is 6. The van der Waals surface area contributed by atoms with Gasteiger partial charge in [0.1, 0.15) is 0 Å². The molecule has 0 atom stereocenters. The quantitative estimate of drug-likeness (QED) is 0.740. The van der Waals surface area contributed by atoms with E-state index in [-0.39, 0.29) is 5.91 Å². The number of hydrogen-bond acceptors (Lipinski definition) is 3. The molecule has 0 saturated carbocycles. The monoisotopic (exact) mass is 420 g/mol. The molecular weight excluding hydrogens is 407 g/mol. The maximum atomic E-state index is 12.0. The Bertz CT molecular complexity index is 663. The van der Waals surface area contributed by atoms with E-state index in [1.54, 1.807) is 23.5 Å². The molecule has 1 heterocycles. The van der Waals surface area contributed by atoms with Crippen LogP contribution in [0.4, 0.5) is 0 Å². The number of thiophene rings is 1. The molecule has 118 valence electrons. The molecule has 0 bridgehead atoms. The summed E-state index contributed by atoms with van der Waals surface area (Å²) >= 11 is 16.9. The van der Waals surface area contributed by atoms with Crippen molar-refractivity contribution in [2.45, 2.75) is 13.1 Å². The van der Waals surface area contributed by atoms with E-state index >= 15 is 0 Å². The minimum absolute atomic E-state index is 0.0239. The van der Waals surface area contributed by atoms with E-state index < -0.39 is 0 Å². The van der Waals surface area contributed by atoms with Gasteiger partial charge in [0.2, 0.25) is 5.91 Å². The maximum Gasteiger partial charge on any atom is 0.234 e. The highest BCUT2D eigenvalue weighted by atomic mass is 79.9. The van der Waals surface area contributed by atoms with Crippen LogP contribution in [0.1, 0.15) is 10.4 Å².